The fourth-order valence-corrected chi connectivity index (χ4v) is 1.69. The molecule has 0 bridgehead atoms. The van der Waals surface area contributed by atoms with Crippen LogP contribution >= 0.6 is 0 Å². The standard InChI is InChI=1S/C14H12F3N/c1-9(10-5-7-11(15)8-6-10)18-14-12(16)3-2-4-13(14)17/h2-9,18H,1H3. The van der Waals surface area contributed by atoms with Gasteiger partial charge >= 0.3 is 0 Å². The average molecular weight is 251 g/mol. The van der Waals surface area contributed by atoms with Gasteiger partial charge in [0.1, 0.15) is 23.1 Å². The van der Waals surface area contributed by atoms with Gasteiger partial charge in [0.15, 0.2) is 0 Å². The molecule has 2 aromatic carbocycles. The van der Waals surface area contributed by atoms with E-state index in [2.05, 4.69) is 5.32 Å². The maximum Gasteiger partial charge on any atom is 0.149 e. The largest absolute Gasteiger partial charge is 0.374 e. The highest BCUT2D eigenvalue weighted by Crippen LogP contribution is 2.24. The van der Waals surface area contributed by atoms with Gasteiger partial charge in [-0.25, -0.2) is 13.2 Å². The van der Waals surface area contributed by atoms with Crippen molar-refractivity contribution < 1.29 is 13.2 Å². The van der Waals surface area contributed by atoms with E-state index in [0.717, 1.165) is 5.56 Å². The van der Waals surface area contributed by atoms with Gasteiger partial charge in [-0.3, -0.25) is 0 Å². The summed E-state index contributed by atoms with van der Waals surface area (Å²) in [6.07, 6.45) is 0. The molecule has 1 nitrogen and oxygen atoms in total. The Morgan fingerprint density at radius 1 is 0.889 bits per heavy atom. The molecule has 0 heterocycles. The van der Waals surface area contributed by atoms with Crippen LogP contribution in [-0.4, -0.2) is 0 Å². The number of rotatable bonds is 3. The number of para-hydroxylation sites is 1. The zero-order chi connectivity index (χ0) is 13.1. The molecule has 0 saturated heterocycles. The lowest BCUT2D eigenvalue weighted by Crippen LogP contribution is -2.09. The number of halogens is 3. The Morgan fingerprint density at radius 2 is 1.44 bits per heavy atom. The van der Waals surface area contributed by atoms with Crippen molar-refractivity contribution in [2.24, 2.45) is 0 Å². The Bertz CT molecular complexity index is 517. The van der Waals surface area contributed by atoms with Crippen LogP contribution < -0.4 is 5.32 Å². The van der Waals surface area contributed by atoms with E-state index in [-0.39, 0.29) is 17.5 Å². The molecule has 0 aromatic heterocycles. The minimum Gasteiger partial charge on any atom is -0.374 e. The molecular weight excluding hydrogens is 239 g/mol. The summed E-state index contributed by atoms with van der Waals surface area (Å²) in [5, 5.41) is 2.74. The van der Waals surface area contributed by atoms with Gasteiger partial charge in [0.25, 0.3) is 0 Å². The molecule has 4 heteroatoms. The van der Waals surface area contributed by atoms with Crippen molar-refractivity contribution in [1.29, 1.82) is 0 Å². The van der Waals surface area contributed by atoms with Crippen molar-refractivity contribution in [2.75, 3.05) is 5.32 Å². The molecule has 2 aromatic rings. The van der Waals surface area contributed by atoms with E-state index >= 15 is 0 Å². The van der Waals surface area contributed by atoms with Crippen LogP contribution in [0.3, 0.4) is 0 Å². The van der Waals surface area contributed by atoms with E-state index in [9.17, 15) is 13.2 Å². The lowest BCUT2D eigenvalue weighted by molar-refractivity contribution is 0.584. The van der Waals surface area contributed by atoms with Crippen LogP contribution in [0.1, 0.15) is 18.5 Å². The van der Waals surface area contributed by atoms with Crippen molar-refractivity contribution in [3.8, 4) is 0 Å². The molecule has 0 aliphatic carbocycles. The molecular formula is C14H12F3N. The number of hydrogen-bond donors (Lipinski definition) is 1. The molecule has 2 rings (SSSR count). The number of benzene rings is 2. The summed E-state index contributed by atoms with van der Waals surface area (Å²) in [7, 11) is 0. The van der Waals surface area contributed by atoms with Crippen LogP contribution in [0.2, 0.25) is 0 Å². The van der Waals surface area contributed by atoms with Crippen molar-refractivity contribution in [1.82, 2.24) is 0 Å². The summed E-state index contributed by atoms with van der Waals surface area (Å²) >= 11 is 0. The predicted molar refractivity (Wildman–Crippen MR) is 64.8 cm³/mol. The average Bonchev–Trinajstić information content (AvgIpc) is 2.34. The van der Waals surface area contributed by atoms with E-state index in [4.69, 9.17) is 0 Å². The SMILES string of the molecule is CC(Nc1c(F)cccc1F)c1ccc(F)cc1. The minimum atomic E-state index is -0.649. The monoisotopic (exact) mass is 251 g/mol. The second-order valence-corrected chi connectivity index (χ2v) is 4.01. The quantitative estimate of drug-likeness (QED) is 0.858. The van der Waals surface area contributed by atoms with Crippen LogP contribution in [0.15, 0.2) is 42.5 Å². The van der Waals surface area contributed by atoms with Gasteiger partial charge in [-0.15, -0.1) is 0 Å². The molecule has 1 unspecified atom stereocenters. The van der Waals surface area contributed by atoms with Crippen molar-refractivity contribution >= 4 is 5.69 Å². The summed E-state index contributed by atoms with van der Waals surface area (Å²) in [6, 6.07) is 9.12. The predicted octanol–water partition coefficient (Wildman–Crippen LogP) is 4.28. The first-order chi connectivity index (χ1) is 8.58. The van der Waals surface area contributed by atoms with Crippen LogP contribution in [0.4, 0.5) is 18.9 Å². The highest BCUT2D eigenvalue weighted by atomic mass is 19.1. The van der Waals surface area contributed by atoms with Gasteiger partial charge in [-0.2, -0.15) is 0 Å². The third-order valence-corrected chi connectivity index (χ3v) is 2.69. The second kappa shape index (κ2) is 5.12. The number of anilines is 1. The van der Waals surface area contributed by atoms with Crippen molar-refractivity contribution in [3.05, 3.63) is 65.5 Å². The lowest BCUT2D eigenvalue weighted by Gasteiger charge is -2.16. The highest BCUT2D eigenvalue weighted by Gasteiger charge is 2.12. The Labute approximate surface area is 103 Å². The fourth-order valence-electron chi connectivity index (χ4n) is 1.69. The third kappa shape index (κ3) is 2.64. The molecule has 0 aliphatic heterocycles. The lowest BCUT2D eigenvalue weighted by atomic mass is 10.1. The molecule has 0 saturated carbocycles. The molecule has 0 spiro atoms. The third-order valence-electron chi connectivity index (χ3n) is 2.69. The molecule has 0 radical (unpaired) electrons. The Hall–Kier alpha value is -1.97. The molecule has 1 atom stereocenters. The second-order valence-electron chi connectivity index (χ2n) is 4.01. The molecule has 94 valence electrons. The Kier molecular flexibility index (Phi) is 3.55. The normalized spacial score (nSPS) is 12.2. The Balaban J connectivity index is 2.21. The Morgan fingerprint density at radius 3 is 2.00 bits per heavy atom. The van der Waals surface area contributed by atoms with E-state index in [0.29, 0.717) is 0 Å². The zero-order valence-corrected chi connectivity index (χ0v) is 9.75. The van der Waals surface area contributed by atoms with Crippen LogP contribution in [-0.2, 0) is 0 Å². The first kappa shape index (κ1) is 12.5. The molecule has 0 aliphatic rings. The van der Waals surface area contributed by atoms with E-state index in [1.807, 2.05) is 0 Å². The van der Waals surface area contributed by atoms with E-state index < -0.39 is 11.6 Å². The highest BCUT2D eigenvalue weighted by molar-refractivity contribution is 5.48. The summed E-state index contributed by atoms with van der Waals surface area (Å²) in [5.74, 6) is -1.64. The van der Waals surface area contributed by atoms with Gasteiger partial charge < -0.3 is 5.32 Å². The summed E-state index contributed by atoms with van der Waals surface area (Å²) in [6.45, 7) is 1.75. The summed E-state index contributed by atoms with van der Waals surface area (Å²) in [4.78, 5) is 0. The molecule has 0 amide bonds. The van der Waals surface area contributed by atoms with Crippen molar-refractivity contribution in [3.63, 3.8) is 0 Å². The van der Waals surface area contributed by atoms with E-state index in [1.165, 1.54) is 30.3 Å². The topological polar surface area (TPSA) is 12.0 Å². The number of hydrogen-bond acceptors (Lipinski definition) is 1. The van der Waals surface area contributed by atoms with Crippen LogP contribution in [0.5, 0.6) is 0 Å². The van der Waals surface area contributed by atoms with Gasteiger partial charge in [0, 0.05) is 6.04 Å². The first-order valence-electron chi connectivity index (χ1n) is 5.54. The van der Waals surface area contributed by atoms with Gasteiger partial charge in [-0.05, 0) is 36.8 Å². The van der Waals surface area contributed by atoms with Gasteiger partial charge in [0.05, 0.1) is 0 Å². The molecule has 1 N–H and O–H groups in total. The van der Waals surface area contributed by atoms with Crippen molar-refractivity contribution in [2.45, 2.75) is 13.0 Å². The zero-order valence-electron chi connectivity index (χ0n) is 9.75. The van der Waals surface area contributed by atoms with Crippen LogP contribution in [0.25, 0.3) is 0 Å². The molecule has 0 fully saturated rings. The smallest absolute Gasteiger partial charge is 0.149 e. The van der Waals surface area contributed by atoms with Gasteiger partial charge in [0.2, 0.25) is 0 Å². The maximum absolute atomic E-state index is 13.4. The van der Waals surface area contributed by atoms with Crippen LogP contribution in [0, 0.1) is 17.5 Å². The van der Waals surface area contributed by atoms with Gasteiger partial charge in [-0.1, -0.05) is 18.2 Å². The summed E-state index contributed by atoms with van der Waals surface area (Å²) in [5.41, 5.74) is 0.577. The van der Waals surface area contributed by atoms with E-state index in [1.54, 1.807) is 19.1 Å². The number of nitrogens with one attached hydrogen (secondary N) is 1. The summed E-state index contributed by atoms with van der Waals surface area (Å²) < 4.78 is 39.6. The fraction of sp³-hybridized carbons (Fsp3) is 0.143. The molecule has 18 heavy (non-hydrogen) atoms. The maximum atomic E-state index is 13.4. The minimum absolute atomic E-state index is 0.172. The first-order valence-corrected chi connectivity index (χ1v) is 5.54.